The lowest BCUT2D eigenvalue weighted by molar-refractivity contribution is -0.371. The van der Waals surface area contributed by atoms with E-state index in [9.17, 15) is 48.7 Å². The van der Waals surface area contributed by atoms with Gasteiger partial charge in [-0.05, 0) is 88.4 Å². The summed E-state index contributed by atoms with van der Waals surface area (Å²) >= 11 is 0. The minimum atomic E-state index is -5.13. The van der Waals surface area contributed by atoms with Crippen molar-refractivity contribution in [2.75, 3.05) is 6.61 Å². The van der Waals surface area contributed by atoms with Gasteiger partial charge in [0, 0.05) is 24.2 Å². The summed E-state index contributed by atoms with van der Waals surface area (Å²) in [6, 6.07) is 0. The van der Waals surface area contributed by atoms with Crippen molar-refractivity contribution in [2.24, 2.45) is 40.4 Å². The maximum atomic E-state index is 12.0. The van der Waals surface area contributed by atoms with Gasteiger partial charge in [0.15, 0.2) is 24.7 Å². The fourth-order valence-electron chi connectivity index (χ4n) is 14.1. The van der Waals surface area contributed by atoms with Crippen LogP contribution >= 0.6 is 0 Å². The van der Waals surface area contributed by atoms with E-state index in [0.29, 0.717) is 24.9 Å². The second-order valence-electron chi connectivity index (χ2n) is 21.2. The number of allylic oxidation sites excluding steroid dienone is 1. The van der Waals surface area contributed by atoms with Crippen molar-refractivity contribution in [2.45, 2.75) is 209 Å². The molecule has 5 heterocycles. The average Bonchev–Trinajstić information content (AvgIpc) is 3.69. The second kappa shape index (κ2) is 17.6. The fourth-order valence-corrected chi connectivity index (χ4v) is 14.6. The molecule has 0 aromatic rings. The van der Waals surface area contributed by atoms with E-state index in [1.54, 1.807) is 6.92 Å². The molecule has 370 valence electrons. The molecule has 20 heteroatoms. The Morgan fingerprint density at radius 1 is 0.738 bits per heavy atom. The highest BCUT2D eigenvalue weighted by atomic mass is 32.3. The number of rotatable bonds is 8. The molecule has 0 bridgehead atoms. The van der Waals surface area contributed by atoms with Crippen molar-refractivity contribution in [1.82, 2.24) is 0 Å². The molecule has 8 N–H and O–H groups in total. The normalized spacial score (nSPS) is 55.8. The summed E-state index contributed by atoms with van der Waals surface area (Å²) in [5.41, 5.74) is 1.38. The summed E-state index contributed by atoms with van der Waals surface area (Å²) in [4.78, 5) is 0. The van der Waals surface area contributed by atoms with Crippen LogP contribution in [-0.2, 0) is 52.5 Å². The molecule has 9 rings (SSSR count). The zero-order chi connectivity index (χ0) is 46.9. The maximum absolute atomic E-state index is 12.0. The van der Waals surface area contributed by atoms with Crippen LogP contribution in [0.3, 0.4) is 0 Å². The van der Waals surface area contributed by atoms with Crippen LogP contribution < -0.4 is 0 Å². The fraction of sp³-hybridized carbons (Fsp3) is 0.911. The maximum Gasteiger partial charge on any atom is 0.397 e. The molecular formula is C45H70O19S. The number of ether oxygens (including phenoxy) is 8. The molecular weight excluding hydrogens is 877 g/mol. The smallest absolute Gasteiger partial charge is 0.388 e. The minimum Gasteiger partial charge on any atom is -0.388 e. The SMILES string of the molecule is C=C1CC[C@@]2(OC1)O[C@H]1CC3C4CC=C5C[C@@H](O[C@@H]6O[C@@H](C)[C@H](O)[C@@H](O)[C@H]6O)C[C@@H](O[C@@H]6O[C@H](C)[C@H](OS(=O)(=O)O)[C@H](O)[C@H]6O[C@@H]6O[C@@H](C)[C@H](O)[C@@H](O)[C@H]6O)[C@]5(C)C4CC[C@]3(C)[C@H]1[C@@H]2C. The number of hydrogen-bond donors (Lipinski definition) is 8. The third kappa shape index (κ3) is 8.23. The Balaban J connectivity index is 1.04. The Morgan fingerprint density at radius 3 is 1.98 bits per heavy atom. The zero-order valence-corrected chi connectivity index (χ0v) is 38.7. The molecule has 0 aromatic carbocycles. The Bertz CT molecular complexity index is 1910. The van der Waals surface area contributed by atoms with Gasteiger partial charge in [-0.2, -0.15) is 8.42 Å². The molecule has 0 aromatic heterocycles. The molecule has 0 amide bonds. The Kier molecular flexibility index (Phi) is 13.2. The lowest BCUT2D eigenvalue weighted by Crippen LogP contribution is -2.65. The number of aliphatic hydroxyl groups excluding tert-OH is 7. The van der Waals surface area contributed by atoms with Gasteiger partial charge >= 0.3 is 10.4 Å². The third-order valence-corrected chi connectivity index (χ3v) is 18.1. The highest BCUT2D eigenvalue weighted by molar-refractivity contribution is 7.80. The van der Waals surface area contributed by atoms with Gasteiger partial charge < -0.3 is 73.6 Å². The van der Waals surface area contributed by atoms with Gasteiger partial charge in [-0.1, -0.05) is 44.6 Å². The summed E-state index contributed by atoms with van der Waals surface area (Å²) < 4.78 is 89.7. The van der Waals surface area contributed by atoms with E-state index in [2.05, 4.69) is 33.4 Å². The molecule has 9 aliphatic rings. The van der Waals surface area contributed by atoms with Gasteiger partial charge in [0.25, 0.3) is 0 Å². The van der Waals surface area contributed by atoms with Gasteiger partial charge in [-0.25, -0.2) is 4.18 Å². The van der Waals surface area contributed by atoms with Crippen LogP contribution in [0.15, 0.2) is 23.8 Å². The molecule has 5 aliphatic heterocycles. The average molecular weight is 947 g/mol. The molecule has 4 aliphatic carbocycles. The monoisotopic (exact) mass is 946 g/mol. The first-order chi connectivity index (χ1) is 30.5. The summed E-state index contributed by atoms with van der Waals surface area (Å²) in [5.74, 6) is 0.442. The number of aliphatic hydroxyl groups is 7. The second-order valence-corrected chi connectivity index (χ2v) is 22.2. The van der Waals surface area contributed by atoms with Crippen LogP contribution in [0, 0.1) is 40.4 Å². The summed E-state index contributed by atoms with van der Waals surface area (Å²) in [6.45, 7) is 16.0. The van der Waals surface area contributed by atoms with Crippen molar-refractivity contribution in [3.63, 3.8) is 0 Å². The number of hydrogen-bond acceptors (Lipinski definition) is 18. The Morgan fingerprint density at radius 2 is 1.37 bits per heavy atom. The molecule has 8 fully saturated rings. The van der Waals surface area contributed by atoms with E-state index < -0.39 is 126 Å². The van der Waals surface area contributed by atoms with Crippen LogP contribution in [0.25, 0.3) is 0 Å². The van der Waals surface area contributed by atoms with Crippen molar-refractivity contribution in [1.29, 1.82) is 0 Å². The Labute approximate surface area is 380 Å². The van der Waals surface area contributed by atoms with E-state index in [-0.39, 0.29) is 35.7 Å². The van der Waals surface area contributed by atoms with Crippen LogP contribution in [0.4, 0.5) is 0 Å². The quantitative estimate of drug-likeness (QED) is 0.124. The van der Waals surface area contributed by atoms with Crippen molar-refractivity contribution < 1.29 is 90.8 Å². The van der Waals surface area contributed by atoms with Crippen LogP contribution in [0.2, 0.25) is 0 Å². The highest BCUT2D eigenvalue weighted by Gasteiger charge is 2.70. The molecule has 3 saturated carbocycles. The largest absolute Gasteiger partial charge is 0.397 e. The topological polar surface area (TPSA) is 279 Å². The van der Waals surface area contributed by atoms with E-state index in [1.807, 2.05) is 0 Å². The molecule has 26 atom stereocenters. The van der Waals surface area contributed by atoms with E-state index >= 15 is 0 Å². The minimum absolute atomic E-state index is 0.0341. The van der Waals surface area contributed by atoms with E-state index in [4.69, 9.17) is 42.1 Å². The van der Waals surface area contributed by atoms with Gasteiger partial charge in [-0.15, -0.1) is 0 Å². The van der Waals surface area contributed by atoms with E-state index in [1.165, 1.54) is 13.8 Å². The zero-order valence-electron chi connectivity index (χ0n) is 37.9. The molecule has 65 heavy (non-hydrogen) atoms. The van der Waals surface area contributed by atoms with Gasteiger partial charge in [0.2, 0.25) is 0 Å². The van der Waals surface area contributed by atoms with E-state index in [0.717, 1.165) is 49.7 Å². The standard InChI is InChI=1S/C45H70O19S/c1-18-10-13-45(56-17-18)19(2)30-28(63-45)16-27-25-9-8-23-14-24(60-40-35(50)33(48)31(46)20(3)57-40)15-29(44(23,7)26(25)11-12-43(27,30)6)61-42-39(37(52)38(22(5)59-42)64-65(53,54)55)62-41-36(51)34(49)32(47)21(4)58-41/h8,19-22,24-42,46-52H,1,9-17H2,2-7H3,(H,53,54,55)/t19-,20-,21-,22+,24+,25?,26?,27?,28-,29+,30-,31-,32-,33+,34+,35+,36+,37-,38-,39+,40-,41-,42-,43-,44-,45+/m0/s1. The molecule has 19 nitrogen and oxygen atoms in total. The van der Waals surface area contributed by atoms with Crippen molar-refractivity contribution in [3.05, 3.63) is 23.8 Å². The first-order valence-corrected chi connectivity index (χ1v) is 24.9. The third-order valence-electron chi connectivity index (χ3n) is 17.7. The lowest BCUT2D eigenvalue weighted by atomic mass is 9.46. The first-order valence-electron chi connectivity index (χ1n) is 23.5. The molecule has 5 saturated heterocycles. The summed E-state index contributed by atoms with van der Waals surface area (Å²) in [6.07, 6.45) is -15.7. The van der Waals surface area contributed by atoms with Crippen LogP contribution in [0.5, 0.6) is 0 Å². The Hall–Kier alpha value is -1.25. The van der Waals surface area contributed by atoms with Crippen molar-refractivity contribution >= 4 is 10.4 Å². The first kappa shape index (κ1) is 48.8. The molecule has 3 unspecified atom stereocenters. The van der Waals surface area contributed by atoms with Crippen molar-refractivity contribution in [3.8, 4) is 0 Å². The molecule has 0 radical (unpaired) electrons. The number of fused-ring (bicyclic) bond motifs is 7. The predicted molar refractivity (Wildman–Crippen MR) is 223 cm³/mol. The van der Waals surface area contributed by atoms with Gasteiger partial charge in [0.05, 0.1) is 43.2 Å². The van der Waals surface area contributed by atoms with Crippen LogP contribution in [0.1, 0.15) is 92.9 Å². The van der Waals surface area contributed by atoms with Crippen LogP contribution in [-0.4, -0.2) is 172 Å². The lowest BCUT2D eigenvalue weighted by Gasteiger charge is -2.61. The predicted octanol–water partition coefficient (Wildman–Crippen LogP) is 0.987. The van der Waals surface area contributed by atoms with Gasteiger partial charge in [-0.3, -0.25) is 4.55 Å². The highest BCUT2D eigenvalue weighted by Crippen LogP contribution is 2.71. The summed E-state index contributed by atoms with van der Waals surface area (Å²) in [5, 5.41) is 76.1. The van der Waals surface area contributed by atoms with Gasteiger partial charge in [0.1, 0.15) is 54.9 Å². The molecule has 1 spiro atoms. The summed E-state index contributed by atoms with van der Waals surface area (Å²) in [7, 11) is -5.13.